The van der Waals surface area contributed by atoms with Crippen LogP contribution in [-0.2, 0) is 0 Å². The van der Waals surface area contributed by atoms with Gasteiger partial charge < -0.3 is 4.74 Å². The lowest BCUT2D eigenvalue weighted by atomic mass is 10.0. The summed E-state index contributed by atoms with van der Waals surface area (Å²) in [5.74, 6) is 0.548. The van der Waals surface area contributed by atoms with Gasteiger partial charge in [0, 0.05) is 0 Å². The first-order chi connectivity index (χ1) is 9.63. The minimum Gasteiger partial charge on any atom is -0.496 e. The number of methoxy groups -OCH3 is 1. The van der Waals surface area contributed by atoms with E-state index < -0.39 is 0 Å². The average Bonchev–Trinajstić information content (AvgIpc) is 2.48. The number of carbonyl (C=O) groups is 1. The van der Waals surface area contributed by atoms with E-state index in [1.807, 2.05) is 30.3 Å². The van der Waals surface area contributed by atoms with E-state index in [1.54, 1.807) is 25.3 Å². The molecule has 0 aliphatic rings. The normalized spacial score (nSPS) is 10.8. The molecule has 20 heavy (non-hydrogen) atoms. The van der Waals surface area contributed by atoms with Crippen LogP contribution in [0.15, 0.2) is 48.5 Å². The summed E-state index contributed by atoms with van der Waals surface area (Å²) >= 11 is 0. The third kappa shape index (κ3) is 2.97. The van der Waals surface area contributed by atoms with Crippen LogP contribution in [0.25, 0.3) is 6.08 Å². The van der Waals surface area contributed by atoms with Gasteiger partial charge in [0.15, 0.2) is 5.78 Å². The Kier molecular flexibility index (Phi) is 4.36. The molecular weight excluding hydrogens is 248 g/mol. The number of rotatable bonds is 4. The molecule has 0 aromatic heterocycles. The van der Waals surface area contributed by atoms with E-state index in [2.05, 4.69) is 19.9 Å². The molecule has 0 aliphatic heterocycles. The molecular formula is C18H18O2. The maximum Gasteiger partial charge on any atom is 0.189 e. The van der Waals surface area contributed by atoms with Gasteiger partial charge in [-0.15, -0.1) is 0 Å². The summed E-state index contributed by atoms with van der Waals surface area (Å²) in [5.41, 5.74) is 4.05. The Morgan fingerprint density at radius 1 is 1.05 bits per heavy atom. The van der Waals surface area contributed by atoms with Crippen molar-refractivity contribution < 1.29 is 9.53 Å². The first kappa shape index (κ1) is 14.1. The predicted octanol–water partition coefficient (Wildman–Crippen LogP) is 4.21. The Hall–Kier alpha value is -2.35. The molecule has 0 radical (unpaired) electrons. The van der Waals surface area contributed by atoms with Gasteiger partial charge >= 0.3 is 0 Å². The van der Waals surface area contributed by atoms with Crippen molar-refractivity contribution in [3.63, 3.8) is 0 Å². The van der Waals surface area contributed by atoms with Crippen molar-refractivity contribution in [2.24, 2.45) is 0 Å². The molecule has 2 rings (SSSR count). The van der Waals surface area contributed by atoms with Crippen LogP contribution in [0.3, 0.4) is 0 Å². The Morgan fingerprint density at radius 3 is 2.55 bits per heavy atom. The first-order valence-corrected chi connectivity index (χ1v) is 6.55. The summed E-state index contributed by atoms with van der Waals surface area (Å²) in [4.78, 5) is 12.2. The van der Waals surface area contributed by atoms with Crippen LogP contribution in [0.1, 0.15) is 27.0 Å². The largest absolute Gasteiger partial charge is 0.496 e. The molecule has 2 aromatic rings. The van der Waals surface area contributed by atoms with Gasteiger partial charge in [0.25, 0.3) is 0 Å². The third-order valence-electron chi connectivity index (χ3n) is 3.43. The zero-order valence-electron chi connectivity index (χ0n) is 12.0. The Balaban J connectivity index is 2.27. The van der Waals surface area contributed by atoms with Crippen molar-refractivity contribution in [1.82, 2.24) is 0 Å². The molecule has 0 saturated carbocycles. The van der Waals surface area contributed by atoms with Crippen LogP contribution in [0.4, 0.5) is 0 Å². The van der Waals surface area contributed by atoms with Crippen LogP contribution >= 0.6 is 0 Å². The minimum atomic E-state index is -0.0524. The Labute approximate surface area is 119 Å². The fraction of sp³-hybridized carbons (Fsp3) is 0.167. The van der Waals surface area contributed by atoms with Crippen molar-refractivity contribution >= 4 is 11.9 Å². The molecule has 0 fully saturated rings. The number of aryl methyl sites for hydroxylation is 1. The van der Waals surface area contributed by atoms with Crippen LogP contribution in [-0.4, -0.2) is 12.9 Å². The first-order valence-electron chi connectivity index (χ1n) is 6.55. The van der Waals surface area contributed by atoms with Gasteiger partial charge in [-0.2, -0.15) is 0 Å². The zero-order chi connectivity index (χ0) is 14.5. The van der Waals surface area contributed by atoms with Crippen molar-refractivity contribution in [3.05, 3.63) is 70.8 Å². The Bertz CT molecular complexity index is 654. The topological polar surface area (TPSA) is 26.3 Å². The molecule has 0 saturated heterocycles. The molecule has 2 aromatic carbocycles. The van der Waals surface area contributed by atoms with Crippen LogP contribution < -0.4 is 4.74 Å². The lowest BCUT2D eigenvalue weighted by Crippen LogP contribution is -1.98. The number of ether oxygens (including phenoxy) is 1. The zero-order valence-corrected chi connectivity index (χ0v) is 12.0. The molecule has 0 unspecified atom stereocenters. The van der Waals surface area contributed by atoms with Crippen LogP contribution in [0.5, 0.6) is 5.75 Å². The highest BCUT2D eigenvalue weighted by Crippen LogP contribution is 2.19. The highest BCUT2D eigenvalue weighted by molar-refractivity contribution is 6.08. The van der Waals surface area contributed by atoms with Crippen molar-refractivity contribution in [2.75, 3.05) is 7.11 Å². The predicted molar refractivity (Wildman–Crippen MR) is 82.3 cm³/mol. The third-order valence-corrected chi connectivity index (χ3v) is 3.43. The molecule has 2 nitrogen and oxygen atoms in total. The van der Waals surface area contributed by atoms with Crippen LogP contribution in [0, 0.1) is 13.8 Å². The molecule has 102 valence electrons. The molecule has 2 heteroatoms. The number of hydrogen-bond donors (Lipinski definition) is 0. The Morgan fingerprint density at radius 2 is 1.80 bits per heavy atom. The summed E-state index contributed by atoms with van der Waals surface area (Å²) < 4.78 is 5.21. The summed E-state index contributed by atoms with van der Waals surface area (Å²) in [6.07, 6.45) is 3.46. The molecule has 0 atom stereocenters. The maximum absolute atomic E-state index is 12.2. The van der Waals surface area contributed by atoms with Crippen molar-refractivity contribution in [1.29, 1.82) is 0 Å². The van der Waals surface area contributed by atoms with Crippen molar-refractivity contribution in [2.45, 2.75) is 13.8 Å². The van der Waals surface area contributed by atoms with E-state index in [0.717, 1.165) is 5.56 Å². The number of hydrogen-bond acceptors (Lipinski definition) is 2. The van der Waals surface area contributed by atoms with E-state index in [4.69, 9.17) is 4.74 Å². The van der Waals surface area contributed by atoms with Gasteiger partial charge in [-0.05, 0) is 48.7 Å². The second-order valence-corrected chi connectivity index (χ2v) is 4.69. The van der Waals surface area contributed by atoms with Crippen LogP contribution in [0.2, 0.25) is 0 Å². The number of para-hydroxylation sites is 1. The summed E-state index contributed by atoms with van der Waals surface area (Å²) in [5, 5.41) is 0. The highest BCUT2D eigenvalue weighted by atomic mass is 16.5. The highest BCUT2D eigenvalue weighted by Gasteiger charge is 2.08. The van der Waals surface area contributed by atoms with E-state index in [-0.39, 0.29) is 5.78 Å². The van der Waals surface area contributed by atoms with Gasteiger partial charge in [0.2, 0.25) is 0 Å². The average molecular weight is 266 g/mol. The van der Waals surface area contributed by atoms with E-state index in [1.165, 1.54) is 11.1 Å². The quantitative estimate of drug-likeness (QED) is 0.612. The summed E-state index contributed by atoms with van der Waals surface area (Å²) in [7, 11) is 1.57. The van der Waals surface area contributed by atoms with Gasteiger partial charge in [-0.1, -0.05) is 36.4 Å². The monoisotopic (exact) mass is 266 g/mol. The molecule has 0 spiro atoms. The number of ketones is 1. The van der Waals surface area contributed by atoms with Gasteiger partial charge in [-0.3, -0.25) is 4.79 Å². The van der Waals surface area contributed by atoms with E-state index in [0.29, 0.717) is 11.3 Å². The fourth-order valence-corrected chi connectivity index (χ4v) is 2.06. The van der Waals surface area contributed by atoms with E-state index in [9.17, 15) is 4.79 Å². The van der Waals surface area contributed by atoms with Crippen molar-refractivity contribution in [3.8, 4) is 5.75 Å². The number of carbonyl (C=O) groups excluding carboxylic acids is 1. The van der Waals surface area contributed by atoms with Gasteiger partial charge in [0.1, 0.15) is 5.75 Å². The van der Waals surface area contributed by atoms with Gasteiger partial charge in [0.05, 0.1) is 12.7 Å². The molecule has 0 N–H and O–H groups in total. The molecule has 0 heterocycles. The summed E-state index contributed by atoms with van der Waals surface area (Å²) in [6.45, 7) is 4.12. The fourth-order valence-electron chi connectivity index (χ4n) is 2.06. The lowest BCUT2D eigenvalue weighted by molar-refractivity contribution is 0.104. The second kappa shape index (κ2) is 6.20. The second-order valence-electron chi connectivity index (χ2n) is 4.69. The lowest BCUT2D eigenvalue weighted by Gasteiger charge is -2.05. The number of allylic oxidation sites excluding steroid dienone is 1. The smallest absolute Gasteiger partial charge is 0.189 e. The number of benzene rings is 2. The molecule has 0 aliphatic carbocycles. The standard InChI is InChI=1S/C18H18O2/c1-13-7-6-8-15(14(13)2)11-12-17(19)16-9-4-5-10-18(16)20-3/h4-12H,1-3H3. The van der Waals surface area contributed by atoms with E-state index >= 15 is 0 Å². The summed E-state index contributed by atoms with van der Waals surface area (Å²) in [6, 6.07) is 13.3. The molecule has 0 amide bonds. The SMILES string of the molecule is COc1ccccc1C(=O)C=Cc1cccc(C)c1C. The molecule has 0 bridgehead atoms. The van der Waals surface area contributed by atoms with Gasteiger partial charge in [-0.25, -0.2) is 0 Å². The maximum atomic E-state index is 12.2. The minimum absolute atomic E-state index is 0.0524.